The molecule has 0 spiro atoms. The van der Waals surface area contributed by atoms with Gasteiger partial charge in [0, 0.05) is 0 Å². The SMILES string of the molecule is CCCc1ccc(-c2ccc(CCCCC(P(=O)(O)O)S(=O)(=O)O)cc2)cc1. The second-order valence-corrected chi connectivity index (χ2v) is 10.7. The lowest BCUT2D eigenvalue weighted by Gasteiger charge is -2.15. The Morgan fingerprint density at radius 2 is 1.32 bits per heavy atom. The number of benzene rings is 2. The van der Waals surface area contributed by atoms with Crippen molar-refractivity contribution in [2.24, 2.45) is 0 Å². The van der Waals surface area contributed by atoms with Crippen molar-refractivity contribution in [1.29, 1.82) is 0 Å². The molecule has 0 aliphatic rings. The van der Waals surface area contributed by atoms with Gasteiger partial charge in [-0.2, -0.15) is 8.42 Å². The van der Waals surface area contributed by atoms with Gasteiger partial charge in [0.15, 0.2) is 4.99 Å². The summed E-state index contributed by atoms with van der Waals surface area (Å²) in [5.74, 6) is 0. The van der Waals surface area contributed by atoms with Gasteiger partial charge in [-0.05, 0) is 47.9 Å². The smallest absolute Gasteiger partial charge is 0.323 e. The van der Waals surface area contributed by atoms with Gasteiger partial charge in [-0.25, -0.2) is 0 Å². The maximum atomic E-state index is 11.2. The molecule has 154 valence electrons. The Labute approximate surface area is 166 Å². The average molecular weight is 426 g/mol. The van der Waals surface area contributed by atoms with Crippen molar-refractivity contribution in [3.05, 3.63) is 59.7 Å². The molecule has 28 heavy (non-hydrogen) atoms. The lowest BCUT2D eigenvalue weighted by Crippen LogP contribution is -2.20. The highest BCUT2D eigenvalue weighted by Crippen LogP contribution is 2.46. The molecular weight excluding hydrogens is 399 g/mol. The van der Waals surface area contributed by atoms with E-state index >= 15 is 0 Å². The van der Waals surface area contributed by atoms with Crippen LogP contribution >= 0.6 is 7.60 Å². The van der Waals surface area contributed by atoms with E-state index in [2.05, 4.69) is 31.2 Å². The fourth-order valence-corrected chi connectivity index (χ4v) is 5.53. The third kappa shape index (κ3) is 6.83. The summed E-state index contributed by atoms with van der Waals surface area (Å²) in [6.07, 6.45) is 3.43. The summed E-state index contributed by atoms with van der Waals surface area (Å²) in [5, 5.41) is 0. The van der Waals surface area contributed by atoms with Crippen LogP contribution in [0.2, 0.25) is 0 Å². The minimum Gasteiger partial charge on any atom is -0.323 e. The molecule has 1 atom stereocenters. The van der Waals surface area contributed by atoms with Crippen LogP contribution in [0.5, 0.6) is 0 Å². The molecule has 0 bridgehead atoms. The zero-order chi connectivity index (χ0) is 20.8. The summed E-state index contributed by atoms with van der Waals surface area (Å²) in [6.45, 7) is 2.15. The Bertz CT molecular complexity index is 901. The van der Waals surface area contributed by atoms with Crippen LogP contribution in [0.15, 0.2) is 48.5 Å². The molecule has 0 aliphatic carbocycles. The Balaban J connectivity index is 1.90. The normalized spacial score (nSPS) is 13.4. The summed E-state index contributed by atoms with van der Waals surface area (Å²) in [7, 11) is -9.67. The van der Waals surface area contributed by atoms with Gasteiger partial charge in [0.05, 0.1) is 0 Å². The molecule has 2 rings (SSSR count). The average Bonchev–Trinajstić information content (AvgIpc) is 2.61. The molecule has 1 unspecified atom stereocenters. The third-order valence-electron chi connectivity index (χ3n) is 4.67. The van der Waals surface area contributed by atoms with Crippen molar-refractivity contribution >= 4 is 17.7 Å². The van der Waals surface area contributed by atoms with Crippen LogP contribution in [0, 0.1) is 0 Å². The maximum absolute atomic E-state index is 11.2. The molecule has 0 aromatic heterocycles. The molecule has 0 saturated carbocycles. The first-order chi connectivity index (χ1) is 13.1. The van der Waals surface area contributed by atoms with E-state index in [1.54, 1.807) is 0 Å². The Morgan fingerprint density at radius 3 is 1.71 bits per heavy atom. The largest absolute Gasteiger partial charge is 0.346 e. The monoisotopic (exact) mass is 426 g/mol. The van der Waals surface area contributed by atoms with E-state index in [-0.39, 0.29) is 12.8 Å². The zero-order valence-corrected chi connectivity index (χ0v) is 17.6. The molecule has 6 nitrogen and oxygen atoms in total. The van der Waals surface area contributed by atoms with Crippen LogP contribution < -0.4 is 0 Å². The van der Waals surface area contributed by atoms with Gasteiger partial charge in [-0.15, -0.1) is 0 Å². The third-order valence-corrected chi connectivity index (χ3v) is 8.22. The van der Waals surface area contributed by atoms with E-state index in [0.29, 0.717) is 12.8 Å². The first kappa shape index (κ1) is 22.8. The second-order valence-electron chi connectivity index (χ2n) is 6.95. The minimum atomic E-state index is -4.90. The van der Waals surface area contributed by atoms with Crippen LogP contribution in [0.25, 0.3) is 11.1 Å². The van der Waals surface area contributed by atoms with Gasteiger partial charge in [-0.3, -0.25) is 9.12 Å². The van der Waals surface area contributed by atoms with E-state index in [4.69, 9.17) is 14.3 Å². The lowest BCUT2D eigenvalue weighted by atomic mass is 9.99. The summed E-state index contributed by atoms with van der Waals surface area (Å²) in [6, 6.07) is 16.5. The van der Waals surface area contributed by atoms with Crippen LogP contribution in [-0.4, -0.2) is 27.7 Å². The maximum Gasteiger partial charge on any atom is 0.346 e. The highest BCUT2D eigenvalue weighted by Gasteiger charge is 2.38. The molecule has 2 aromatic rings. The Kier molecular flexibility index (Phi) is 7.98. The fourth-order valence-electron chi connectivity index (χ4n) is 3.16. The Morgan fingerprint density at radius 1 is 0.857 bits per heavy atom. The zero-order valence-electron chi connectivity index (χ0n) is 15.9. The van der Waals surface area contributed by atoms with Crippen molar-refractivity contribution in [3.63, 3.8) is 0 Å². The van der Waals surface area contributed by atoms with Crippen molar-refractivity contribution in [2.45, 2.75) is 50.4 Å². The topological polar surface area (TPSA) is 112 Å². The van der Waals surface area contributed by atoms with Gasteiger partial charge < -0.3 is 9.79 Å². The van der Waals surface area contributed by atoms with E-state index in [1.807, 2.05) is 24.3 Å². The summed E-state index contributed by atoms with van der Waals surface area (Å²) in [5.41, 5.74) is 4.64. The summed E-state index contributed by atoms with van der Waals surface area (Å²) >= 11 is 0. The fraction of sp³-hybridized carbons (Fsp3) is 0.400. The molecule has 3 N–H and O–H groups in total. The van der Waals surface area contributed by atoms with E-state index < -0.39 is 22.7 Å². The number of unbranched alkanes of at least 4 members (excludes halogenated alkanes) is 1. The van der Waals surface area contributed by atoms with Crippen LogP contribution in [0.1, 0.15) is 43.7 Å². The van der Waals surface area contributed by atoms with Gasteiger partial charge in [-0.1, -0.05) is 68.3 Å². The molecule has 0 fully saturated rings. The first-order valence-electron chi connectivity index (χ1n) is 9.31. The van der Waals surface area contributed by atoms with E-state index in [1.165, 1.54) is 5.56 Å². The van der Waals surface area contributed by atoms with Gasteiger partial charge in [0.1, 0.15) is 0 Å². The van der Waals surface area contributed by atoms with Crippen molar-refractivity contribution in [1.82, 2.24) is 0 Å². The predicted molar refractivity (Wildman–Crippen MR) is 111 cm³/mol. The van der Waals surface area contributed by atoms with Gasteiger partial charge in [0.2, 0.25) is 0 Å². The van der Waals surface area contributed by atoms with Crippen LogP contribution in [0.3, 0.4) is 0 Å². The molecule has 0 radical (unpaired) electrons. The summed E-state index contributed by atoms with van der Waals surface area (Å²) < 4.78 is 42.5. The molecule has 0 saturated heterocycles. The predicted octanol–water partition coefficient (Wildman–Crippen LogP) is 4.41. The van der Waals surface area contributed by atoms with Crippen molar-refractivity contribution in [3.8, 4) is 11.1 Å². The van der Waals surface area contributed by atoms with Gasteiger partial charge in [0.25, 0.3) is 10.1 Å². The Hall–Kier alpha value is -1.50. The second kappa shape index (κ2) is 9.81. The molecule has 2 aromatic carbocycles. The molecular formula is C20H27O6PS. The molecule has 0 heterocycles. The highest BCUT2D eigenvalue weighted by molar-refractivity contribution is 7.93. The van der Waals surface area contributed by atoms with Crippen LogP contribution in [-0.2, 0) is 27.5 Å². The lowest BCUT2D eigenvalue weighted by molar-refractivity contribution is 0.360. The van der Waals surface area contributed by atoms with Crippen LogP contribution in [0.4, 0.5) is 0 Å². The number of rotatable bonds is 10. The highest BCUT2D eigenvalue weighted by atomic mass is 32.2. The first-order valence-corrected chi connectivity index (χ1v) is 12.5. The van der Waals surface area contributed by atoms with Gasteiger partial charge >= 0.3 is 7.60 Å². The van der Waals surface area contributed by atoms with E-state index in [9.17, 15) is 13.0 Å². The van der Waals surface area contributed by atoms with Crippen molar-refractivity contribution in [2.75, 3.05) is 0 Å². The standard InChI is InChI=1S/C20H27O6PS/c1-2-5-16-8-12-18(13-9-16)19-14-10-17(11-15-19)6-3-4-7-20(27(21,22)23)28(24,25)26/h8-15,20H,2-7H2,1H3,(H2,21,22,23)(H,24,25,26). The molecule has 0 aliphatic heterocycles. The minimum absolute atomic E-state index is 0.273. The van der Waals surface area contributed by atoms with Crippen molar-refractivity contribution < 1.29 is 27.3 Å². The van der Waals surface area contributed by atoms with E-state index in [0.717, 1.165) is 29.5 Å². The quantitative estimate of drug-likeness (QED) is 0.295. The number of hydrogen-bond acceptors (Lipinski definition) is 3. The molecule has 8 heteroatoms. The molecule has 0 amide bonds. The number of hydrogen-bond donors (Lipinski definition) is 3. The number of aryl methyl sites for hydroxylation is 2. The summed E-state index contributed by atoms with van der Waals surface area (Å²) in [4.78, 5) is 16.1.